The van der Waals surface area contributed by atoms with Crippen molar-refractivity contribution in [1.82, 2.24) is 9.97 Å². The molecule has 0 saturated heterocycles. The number of ether oxygens (including phenoxy) is 1. The monoisotopic (exact) mass is 280 g/mol. The van der Waals surface area contributed by atoms with Crippen LogP contribution in [0.1, 0.15) is 25.3 Å². The minimum atomic E-state index is 0.778. The Morgan fingerprint density at radius 2 is 1.90 bits per heavy atom. The first-order valence-corrected chi connectivity index (χ1v) is 7.46. The van der Waals surface area contributed by atoms with E-state index in [0.717, 1.165) is 47.6 Å². The summed E-state index contributed by atoms with van der Waals surface area (Å²) in [4.78, 5) is 8.01. The Bertz CT molecular complexity index is 729. The summed E-state index contributed by atoms with van der Waals surface area (Å²) in [6.45, 7) is 5.03. The molecule has 3 aromatic rings. The highest BCUT2D eigenvalue weighted by atomic mass is 16.5. The third-order valence-electron chi connectivity index (χ3n) is 3.53. The summed E-state index contributed by atoms with van der Waals surface area (Å²) in [5.74, 6) is 1.81. The molecule has 3 heteroatoms. The molecule has 0 aliphatic heterocycles. The van der Waals surface area contributed by atoms with Gasteiger partial charge in [0.05, 0.1) is 17.6 Å². The standard InChI is InChI=1S/C18H20N2O/c1-3-4-11-21-15-8-6-14(7-9-15)18-19-16-10-5-13(2)12-17(16)20-18/h5-10,12H,3-4,11H2,1-2H3,(H,19,20). The SMILES string of the molecule is CCCCOc1ccc(-c2nc3ccc(C)cc3[nH]2)cc1. The van der Waals surface area contributed by atoms with Crippen LogP contribution >= 0.6 is 0 Å². The van der Waals surface area contributed by atoms with Gasteiger partial charge in [0.15, 0.2) is 0 Å². The molecule has 108 valence electrons. The van der Waals surface area contributed by atoms with Crippen molar-refractivity contribution in [3.05, 3.63) is 48.0 Å². The van der Waals surface area contributed by atoms with Crippen molar-refractivity contribution in [2.24, 2.45) is 0 Å². The van der Waals surface area contributed by atoms with Crippen molar-refractivity contribution in [3.63, 3.8) is 0 Å². The molecule has 0 aliphatic carbocycles. The van der Waals surface area contributed by atoms with Crippen LogP contribution in [-0.2, 0) is 0 Å². The van der Waals surface area contributed by atoms with Gasteiger partial charge in [-0.2, -0.15) is 0 Å². The minimum Gasteiger partial charge on any atom is -0.494 e. The van der Waals surface area contributed by atoms with Gasteiger partial charge in [-0.25, -0.2) is 4.98 Å². The van der Waals surface area contributed by atoms with E-state index in [9.17, 15) is 0 Å². The molecule has 3 rings (SSSR count). The molecule has 1 heterocycles. The molecule has 0 unspecified atom stereocenters. The van der Waals surface area contributed by atoms with Gasteiger partial charge in [0.1, 0.15) is 11.6 Å². The molecule has 1 aromatic heterocycles. The van der Waals surface area contributed by atoms with Crippen LogP contribution in [0.5, 0.6) is 5.75 Å². The van der Waals surface area contributed by atoms with E-state index in [1.807, 2.05) is 30.3 Å². The smallest absolute Gasteiger partial charge is 0.138 e. The molecule has 0 fully saturated rings. The first-order valence-electron chi connectivity index (χ1n) is 7.46. The van der Waals surface area contributed by atoms with E-state index in [1.54, 1.807) is 0 Å². The third-order valence-corrected chi connectivity index (χ3v) is 3.53. The topological polar surface area (TPSA) is 37.9 Å². The Morgan fingerprint density at radius 1 is 1.10 bits per heavy atom. The number of aromatic amines is 1. The maximum Gasteiger partial charge on any atom is 0.138 e. The Kier molecular flexibility index (Phi) is 3.91. The number of aromatic nitrogens is 2. The fourth-order valence-corrected chi connectivity index (χ4v) is 2.30. The number of fused-ring (bicyclic) bond motifs is 1. The van der Waals surface area contributed by atoms with Gasteiger partial charge in [-0.05, 0) is 55.3 Å². The molecule has 3 nitrogen and oxygen atoms in total. The number of nitrogens with one attached hydrogen (secondary N) is 1. The molecule has 0 bridgehead atoms. The van der Waals surface area contributed by atoms with Crippen molar-refractivity contribution >= 4 is 11.0 Å². The molecule has 21 heavy (non-hydrogen) atoms. The van der Waals surface area contributed by atoms with Crippen LogP contribution in [0.2, 0.25) is 0 Å². The summed E-state index contributed by atoms with van der Waals surface area (Å²) < 4.78 is 5.68. The number of unbranched alkanes of at least 4 members (excludes halogenated alkanes) is 1. The third kappa shape index (κ3) is 3.07. The van der Waals surface area contributed by atoms with Crippen molar-refractivity contribution in [1.29, 1.82) is 0 Å². The van der Waals surface area contributed by atoms with Crippen LogP contribution in [0.15, 0.2) is 42.5 Å². The fraction of sp³-hybridized carbons (Fsp3) is 0.278. The summed E-state index contributed by atoms with van der Waals surface area (Å²) in [7, 11) is 0. The van der Waals surface area contributed by atoms with Gasteiger partial charge < -0.3 is 9.72 Å². The molecule has 0 saturated carbocycles. The summed E-state index contributed by atoms with van der Waals surface area (Å²) in [5.41, 5.74) is 4.39. The minimum absolute atomic E-state index is 0.778. The molecular weight excluding hydrogens is 260 g/mol. The number of hydrogen-bond acceptors (Lipinski definition) is 2. The second-order valence-electron chi connectivity index (χ2n) is 5.33. The number of aryl methyl sites for hydroxylation is 1. The van der Waals surface area contributed by atoms with Crippen LogP contribution < -0.4 is 4.74 Å². The first-order chi connectivity index (χ1) is 10.3. The number of imidazole rings is 1. The zero-order valence-corrected chi connectivity index (χ0v) is 12.5. The van der Waals surface area contributed by atoms with E-state index in [-0.39, 0.29) is 0 Å². The van der Waals surface area contributed by atoms with E-state index in [4.69, 9.17) is 4.74 Å². The highest BCUT2D eigenvalue weighted by Gasteiger charge is 2.05. The predicted molar refractivity (Wildman–Crippen MR) is 86.7 cm³/mol. The molecule has 0 spiro atoms. The van der Waals surface area contributed by atoms with Gasteiger partial charge >= 0.3 is 0 Å². The van der Waals surface area contributed by atoms with Gasteiger partial charge in [-0.15, -0.1) is 0 Å². The molecule has 0 aliphatic rings. The number of benzene rings is 2. The maximum atomic E-state index is 5.68. The maximum absolute atomic E-state index is 5.68. The van der Waals surface area contributed by atoms with Crippen LogP contribution in [0.25, 0.3) is 22.4 Å². The lowest BCUT2D eigenvalue weighted by Crippen LogP contribution is -1.96. The fourth-order valence-electron chi connectivity index (χ4n) is 2.30. The average Bonchev–Trinajstić information content (AvgIpc) is 2.91. The average molecular weight is 280 g/mol. The highest BCUT2D eigenvalue weighted by Crippen LogP contribution is 2.23. The Labute approximate surface area is 125 Å². The highest BCUT2D eigenvalue weighted by molar-refractivity contribution is 5.80. The largest absolute Gasteiger partial charge is 0.494 e. The number of rotatable bonds is 5. The molecule has 0 amide bonds. The van der Waals surface area contributed by atoms with Crippen molar-refractivity contribution in [2.75, 3.05) is 6.61 Å². The molecule has 0 radical (unpaired) electrons. The lowest BCUT2D eigenvalue weighted by molar-refractivity contribution is 0.309. The van der Waals surface area contributed by atoms with Gasteiger partial charge in [0.2, 0.25) is 0 Å². The number of hydrogen-bond donors (Lipinski definition) is 1. The summed E-state index contributed by atoms with van der Waals surface area (Å²) in [6.07, 6.45) is 2.24. The number of H-pyrrole nitrogens is 1. The molecule has 1 N–H and O–H groups in total. The lowest BCUT2D eigenvalue weighted by Gasteiger charge is -2.05. The van der Waals surface area contributed by atoms with Crippen LogP contribution in [0, 0.1) is 6.92 Å². The van der Waals surface area contributed by atoms with Crippen molar-refractivity contribution in [2.45, 2.75) is 26.7 Å². The summed E-state index contributed by atoms with van der Waals surface area (Å²) in [5, 5.41) is 0. The predicted octanol–water partition coefficient (Wildman–Crippen LogP) is 4.72. The van der Waals surface area contributed by atoms with E-state index in [0.29, 0.717) is 0 Å². The van der Waals surface area contributed by atoms with E-state index in [2.05, 4.69) is 35.9 Å². The van der Waals surface area contributed by atoms with Crippen LogP contribution in [-0.4, -0.2) is 16.6 Å². The number of nitrogens with zero attached hydrogens (tertiary/aromatic N) is 1. The van der Waals surface area contributed by atoms with Gasteiger partial charge in [-0.3, -0.25) is 0 Å². The van der Waals surface area contributed by atoms with Gasteiger partial charge in [0.25, 0.3) is 0 Å². The van der Waals surface area contributed by atoms with Gasteiger partial charge in [0, 0.05) is 5.56 Å². The Morgan fingerprint density at radius 3 is 2.67 bits per heavy atom. The van der Waals surface area contributed by atoms with Crippen LogP contribution in [0.3, 0.4) is 0 Å². The van der Waals surface area contributed by atoms with Crippen molar-refractivity contribution < 1.29 is 4.74 Å². The second kappa shape index (κ2) is 6.00. The Hall–Kier alpha value is -2.29. The second-order valence-corrected chi connectivity index (χ2v) is 5.33. The van der Waals surface area contributed by atoms with E-state index >= 15 is 0 Å². The first kappa shape index (κ1) is 13.7. The van der Waals surface area contributed by atoms with E-state index < -0.39 is 0 Å². The Balaban J connectivity index is 1.81. The molecule has 0 atom stereocenters. The summed E-state index contributed by atoms with van der Waals surface area (Å²) >= 11 is 0. The van der Waals surface area contributed by atoms with Crippen LogP contribution in [0.4, 0.5) is 0 Å². The van der Waals surface area contributed by atoms with Crippen molar-refractivity contribution in [3.8, 4) is 17.1 Å². The lowest BCUT2D eigenvalue weighted by atomic mass is 10.2. The molecule has 2 aromatic carbocycles. The van der Waals surface area contributed by atoms with E-state index in [1.165, 1.54) is 5.56 Å². The quantitative estimate of drug-likeness (QED) is 0.687. The zero-order chi connectivity index (χ0) is 14.7. The molecular formula is C18H20N2O. The van der Waals surface area contributed by atoms with Gasteiger partial charge in [-0.1, -0.05) is 19.4 Å². The normalized spacial score (nSPS) is 11.0. The zero-order valence-electron chi connectivity index (χ0n) is 12.5. The summed E-state index contributed by atoms with van der Waals surface area (Å²) in [6, 6.07) is 14.4.